The number of rotatable bonds is 10. The van der Waals surface area contributed by atoms with Crippen molar-refractivity contribution in [1.29, 1.82) is 0 Å². The largest absolute Gasteiger partial charge is 0.362 e. The van der Waals surface area contributed by atoms with Crippen molar-refractivity contribution in [2.24, 2.45) is 0 Å². The van der Waals surface area contributed by atoms with Crippen LogP contribution in [-0.2, 0) is 21.2 Å². The zero-order valence-corrected chi connectivity index (χ0v) is 25.1. The van der Waals surface area contributed by atoms with Gasteiger partial charge in [-0.15, -0.1) is 0 Å². The minimum Gasteiger partial charge on any atom is -0.362 e. The summed E-state index contributed by atoms with van der Waals surface area (Å²) in [5, 5.41) is 7.62. The van der Waals surface area contributed by atoms with E-state index in [1.807, 2.05) is 80.5 Å². The lowest BCUT2D eigenvalue weighted by atomic mass is 9.91. The molecule has 1 aliphatic rings. The molecule has 0 bridgehead atoms. The first kappa shape index (κ1) is 29.5. The summed E-state index contributed by atoms with van der Waals surface area (Å²) in [5.41, 5.74) is 2.73. The number of aryl methyl sites for hydroxylation is 1. The summed E-state index contributed by atoms with van der Waals surface area (Å²) in [4.78, 5) is 25.1. The number of nitrogens with zero attached hydrogens (tertiary/aromatic N) is 3. The molecule has 42 heavy (non-hydrogen) atoms. The number of amides is 1. The van der Waals surface area contributed by atoms with Crippen LogP contribution in [0.4, 0.5) is 11.8 Å². The number of aromatic nitrogens is 2. The first-order chi connectivity index (χ1) is 20.2. The Balaban J connectivity index is 1.23. The van der Waals surface area contributed by atoms with Crippen molar-refractivity contribution in [3.8, 4) is 0 Å². The van der Waals surface area contributed by atoms with E-state index >= 15 is 0 Å². The fraction of sp³-hybridized carbons (Fsp3) is 0.344. The molecule has 220 valence electrons. The number of carbonyl (C=O) groups excluding carboxylic acids is 1. The first-order valence-electron chi connectivity index (χ1n) is 14.3. The fourth-order valence-corrected chi connectivity index (χ4v) is 6.54. The van der Waals surface area contributed by atoms with Crippen molar-refractivity contribution in [2.45, 2.75) is 62.0 Å². The van der Waals surface area contributed by atoms with Crippen LogP contribution in [0, 0.1) is 6.92 Å². The lowest BCUT2D eigenvalue weighted by Crippen LogP contribution is -2.51. The molecule has 1 saturated carbocycles. The third kappa shape index (κ3) is 7.24. The second-order valence-electron chi connectivity index (χ2n) is 11.2. The van der Waals surface area contributed by atoms with Crippen LogP contribution >= 0.6 is 0 Å². The summed E-state index contributed by atoms with van der Waals surface area (Å²) < 4.78 is 29.0. The van der Waals surface area contributed by atoms with Gasteiger partial charge in [-0.2, -0.15) is 9.71 Å². The SMILES string of the molecule is Cc1ccc(S(=O)(=O)N[C@@H](Cc2ccccc2)C(=O)NC2CCC(Nc3nc(N(C)C)c4ccccc4n3)CC2)cc1. The normalized spacial score (nSPS) is 17.9. The van der Waals surface area contributed by atoms with Gasteiger partial charge in [0.2, 0.25) is 21.9 Å². The van der Waals surface area contributed by atoms with Gasteiger partial charge in [0.1, 0.15) is 11.9 Å². The molecule has 1 aliphatic carbocycles. The zero-order chi connectivity index (χ0) is 29.7. The van der Waals surface area contributed by atoms with Crippen molar-refractivity contribution in [2.75, 3.05) is 24.3 Å². The van der Waals surface area contributed by atoms with Crippen LogP contribution in [0.5, 0.6) is 0 Å². The molecule has 1 aromatic heterocycles. The van der Waals surface area contributed by atoms with Crippen LogP contribution in [0.15, 0.2) is 83.8 Å². The molecular formula is C32H38N6O3S. The van der Waals surface area contributed by atoms with Gasteiger partial charge in [0.15, 0.2) is 0 Å². The van der Waals surface area contributed by atoms with E-state index in [-0.39, 0.29) is 29.3 Å². The third-order valence-electron chi connectivity index (χ3n) is 7.64. The van der Waals surface area contributed by atoms with Crippen molar-refractivity contribution in [3.63, 3.8) is 0 Å². The van der Waals surface area contributed by atoms with Crippen LogP contribution in [0.3, 0.4) is 0 Å². The molecule has 4 aromatic rings. The summed E-state index contributed by atoms with van der Waals surface area (Å²) in [6.07, 6.45) is 3.44. The van der Waals surface area contributed by atoms with Crippen LogP contribution < -0.4 is 20.3 Å². The van der Waals surface area contributed by atoms with Crippen LogP contribution in [0.2, 0.25) is 0 Å². The van der Waals surface area contributed by atoms with E-state index in [0.717, 1.165) is 53.5 Å². The number of nitrogens with one attached hydrogen (secondary N) is 3. The Hall–Kier alpha value is -4.02. The molecule has 1 atom stereocenters. The highest BCUT2D eigenvalue weighted by Gasteiger charge is 2.29. The molecule has 0 unspecified atom stereocenters. The number of hydrogen-bond donors (Lipinski definition) is 3. The van der Waals surface area contributed by atoms with Gasteiger partial charge in [-0.3, -0.25) is 4.79 Å². The predicted molar refractivity (Wildman–Crippen MR) is 167 cm³/mol. The van der Waals surface area contributed by atoms with Gasteiger partial charge < -0.3 is 15.5 Å². The Kier molecular flexibility index (Phi) is 9.03. The minimum absolute atomic E-state index is 0.0486. The lowest BCUT2D eigenvalue weighted by Gasteiger charge is -2.31. The van der Waals surface area contributed by atoms with E-state index in [9.17, 15) is 13.2 Å². The average Bonchev–Trinajstić information content (AvgIpc) is 2.98. The second-order valence-corrected chi connectivity index (χ2v) is 12.9. The molecular weight excluding hydrogens is 548 g/mol. The van der Waals surface area contributed by atoms with Crippen LogP contribution in [-0.4, -0.2) is 56.5 Å². The van der Waals surface area contributed by atoms with Gasteiger partial charge in [0, 0.05) is 31.6 Å². The second kappa shape index (κ2) is 12.9. The number of para-hydroxylation sites is 1. The maximum absolute atomic E-state index is 13.5. The van der Waals surface area contributed by atoms with Crippen LogP contribution in [0.25, 0.3) is 10.9 Å². The standard InChI is InChI=1S/C32H38N6O3S/c1-22-13-19-26(20-14-22)42(40,41)37-29(21-23-9-5-4-6-10-23)31(39)33-24-15-17-25(18-16-24)34-32-35-28-12-8-7-11-27(28)30(36-32)38(2)3/h4-14,19-20,24-25,29,37H,15-18,21H2,1-3H3,(H,33,39)(H,34,35,36)/t24?,25?,29-/m0/s1. The highest BCUT2D eigenvalue weighted by Crippen LogP contribution is 2.26. The molecule has 10 heteroatoms. The van der Waals surface area contributed by atoms with E-state index < -0.39 is 16.1 Å². The molecule has 0 spiro atoms. The monoisotopic (exact) mass is 586 g/mol. The summed E-state index contributed by atoms with van der Waals surface area (Å²) in [7, 11) is 0.0520. The minimum atomic E-state index is -3.89. The highest BCUT2D eigenvalue weighted by molar-refractivity contribution is 7.89. The number of hydrogen-bond acceptors (Lipinski definition) is 7. The first-order valence-corrected chi connectivity index (χ1v) is 15.8. The number of carbonyl (C=O) groups is 1. The van der Waals surface area contributed by atoms with E-state index in [4.69, 9.17) is 9.97 Å². The Bertz CT molecular complexity index is 1620. The molecule has 0 aliphatic heterocycles. The number of fused-ring (bicyclic) bond motifs is 1. The van der Waals surface area contributed by atoms with Gasteiger partial charge in [0.25, 0.3) is 0 Å². The molecule has 1 amide bonds. The smallest absolute Gasteiger partial charge is 0.241 e. The maximum atomic E-state index is 13.5. The fourth-order valence-electron chi connectivity index (χ4n) is 5.34. The molecule has 3 N–H and O–H groups in total. The molecule has 0 radical (unpaired) electrons. The van der Waals surface area contributed by atoms with Gasteiger partial charge in [0.05, 0.1) is 10.4 Å². The van der Waals surface area contributed by atoms with Crippen molar-refractivity contribution in [3.05, 3.63) is 90.0 Å². The van der Waals surface area contributed by atoms with Gasteiger partial charge >= 0.3 is 0 Å². The number of sulfonamides is 1. The molecule has 1 fully saturated rings. The average molecular weight is 587 g/mol. The zero-order valence-electron chi connectivity index (χ0n) is 24.2. The topological polar surface area (TPSA) is 116 Å². The van der Waals surface area contributed by atoms with E-state index in [1.165, 1.54) is 0 Å². The molecule has 0 saturated heterocycles. The van der Waals surface area contributed by atoms with E-state index in [0.29, 0.717) is 5.95 Å². The van der Waals surface area contributed by atoms with Crippen LogP contribution in [0.1, 0.15) is 36.8 Å². The summed E-state index contributed by atoms with van der Waals surface area (Å²) in [6.45, 7) is 1.90. The summed E-state index contributed by atoms with van der Waals surface area (Å²) >= 11 is 0. The summed E-state index contributed by atoms with van der Waals surface area (Å²) in [5.74, 6) is 1.14. The van der Waals surface area contributed by atoms with Crippen molar-refractivity contribution in [1.82, 2.24) is 20.0 Å². The predicted octanol–water partition coefficient (Wildman–Crippen LogP) is 4.43. The third-order valence-corrected chi connectivity index (χ3v) is 9.13. The van der Waals surface area contributed by atoms with Gasteiger partial charge in [-0.05, 0) is 68.9 Å². The van der Waals surface area contributed by atoms with Crippen molar-refractivity contribution >= 4 is 38.6 Å². The van der Waals surface area contributed by atoms with E-state index in [2.05, 4.69) is 15.4 Å². The Morgan fingerprint density at radius 3 is 2.21 bits per heavy atom. The Morgan fingerprint density at radius 2 is 1.52 bits per heavy atom. The number of anilines is 2. The highest BCUT2D eigenvalue weighted by atomic mass is 32.2. The summed E-state index contributed by atoms with van der Waals surface area (Å²) in [6, 6.07) is 23.2. The molecule has 9 nitrogen and oxygen atoms in total. The molecule has 1 heterocycles. The van der Waals surface area contributed by atoms with Crippen molar-refractivity contribution < 1.29 is 13.2 Å². The van der Waals surface area contributed by atoms with Gasteiger partial charge in [-0.1, -0.05) is 60.2 Å². The Labute approximate surface area is 247 Å². The molecule has 3 aromatic carbocycles. The Morgan fingerprint density at radius 1 is 0.881 bits per heavy atom. The van der Waals surface area contributed by atoms with E-state index in [1.54, 1.807) is 24.3 Å². The molecule has 5 rings (SSSR count). The maximum Gasteiger partial charge on any atom is 0.241 e. The quantitative estimate of drug-likeness (QED) is 0.252. The van der Waals surface area contributed by atoms with Gasteiger partial charge in [-0.25, -0.2) is 13.4 Å². The lowest BCUT2D eigenvalue weighted by molar-refractivity contribution is -0.123. The number of benzene rings is 3.